The van der Waals surface area contributed by atoms with Crippen molar-refractivity contribution >= 4 is 28.5 Å². The number of imidazole rings is 1. The number of benzene rings is 2. The zero-order chi connectivity index (χ0) is 22.1. The van der Waals surface area contributed by atoms with E-state index in [9.17, 15) is 9.59 Å². The Morgan fingerprint density at radius 3 is 2.69 bits per heavy atom. The van der Waals surface area contributed by atoms with E-state index >= 15 is 0 Å². The minimum atomic E-state index is -0.121. The maximum Gasteiger partial charge on any atom is 0.242 e. The number of rotatable bonds is 5. The third kappa shape index (κ3) is 3.88. The van der Waals surface area contributed by atoms with Crippen LogP contribution >= 0.6 is 0 Å². The molecule has 1 fully saturated rings. The van der Waals surface area contributed by atoms with Crippen LogP contribution in [0.25, 0.3) is 11.0 Å². The number of nitrogens with zero attached hydrogens (tertiary/aromatic N) is 3. The Kier molecular flexibility index (Phi) is 5.43. The van der Waals surface area contributed by atoms with Crippen molar-refractivity contribution in [2.75, 3.05) is 25.2 Å². The van der Waals surface area contributed by atoms with Gasteiger partial charge in [-0.1, -0.05) is 19.1 Å². The fourth-order valence-electron chi connectivity index (χ4n) is 4.42. The average molecular weight is 434 g/mol. The summed E-state index contributed by atoms with van der Waals surface area (Å²) >= 11 is 0. The topological polar surface area (TPSA) is 85.7 Å². The molecule has 3 heterocycles. The first-order valence-corrected chi connectivity index (χ1v) is 11.0. The van der Waals surface area contributed by atoms with Crippen LogP contribution in [0.5, 0.6) is 11.5 Å². The molecule has 166 valence electrons. The Morgan fingerprint density at radius 2 is 1.88 bits per heavy atom. The summed E-state index contributed by atoms with van der Waals surface area (Å²) in [5.74, 6) is 2.16. The number of aryl methyl sites for hydroxylation is 1. The Hall–Kier alpha value is -3.55. The summed E-state index contributed by atoms with van der Waals surface area (Å²) < 4.78 is 12.7. The normalized spacial score (nSPS) is 15.8. The number of carbonyl (C=O) groups is 2. The monoisotopic (exact) mass is 434 g/mol. The van der Waals surface area contributed by atoms with E-state index in [4.69, 9.17) is 9.47 Å². The second-order valence-corrected chi connectivity index (χ2v) is 8.17. The number of hydrogen-bond acceptors (Lipinski definition) is 5. The lowest BCUT2D eigenvalue weighted by atomic mass is 9.95. The number of piperidine rings is 1. The van der Waals surface area contributed by atoms with Crippen LogP contribution in [0.3, 0.4) is 0 Å². The molecule has 2 aliphatic heterocycles. The number of para-hydroxylation sites is 2. The molecule has 1 aromatic heterocycles. The number of aromatic nitrogens is 2. The Morgan fingerprint density at radius 1 is 1.09 bits per heavy atom. The average Bonchev–Trinajstić information content (AvgIpc) is 3.43. The Bertz CT molecular complexity index is 1160. The van der Waals surface area contributed by atoms with E-state index in [1.54, 1.807) is 12.1 Å². The van der Waals surface area contributed by atoms with Crippen molar-refractivity contribution in [3.63, 3.8) is 0 Å². The zero-order valence-corrected chi connectivity index (χ0v) is 18.0. The fourth-order valence-corrected chi connectivity index (χ4v) is 4.42. The Balaban J connectivity index is 1.18. The first kappa shape index (κ1) is 20.4. The van der Waals surface area contributed by atoms with E-state index in [2.05, 4.69) is 10.3 Å². The molecule has 2 amide bonds. The van der Waals surface area contributed by atoms with Crippen LogP contribution in [-0.4, -0.2) is 46.1 Å². The van der Waals surface area contributed by atoms with Crippen molar-refractivity contribution in [3.8, 4) is 11.5 Å². The number of ether oxygens (including phenoxy) is 2. The van der Waals surface area contributed by atoms with Gasteiger partial charge in [-0.15, -0.1) is 0 Å². The molecule has 0 unspecified atom stereocenters. The first-order valence-electron chi connectivity index (χ1n) is 11.0. The number of amides is 2. The van der Waals surface area contributed by atoms with E-state index in [0.717, 1.165) is 23.3 Å². The van der Waals surface area contributed by atoms with E-state index in [0.29, 0.717) is 43.1 Å². The molecule has 2 aromatic carbocycles. The van der Waals surface area contributed by atoms with Crippen LogP contribution in [0.2, 0.25) is 0 Å². The summed E-state index contributed by atoms with van der Waals surface area (Å²) in [6.45, 7) is 3.68. The lowest BCUT2D eigenvalue weighted by Crippen LogP contribution is -2.42. The van der Waals surface area contributed by atoms with E-state index in [-0.39, 0.29) is 31.1 Å². The number of carbonyl (C=O) groups excluding carboxylic acids is 2. The van der Waals surface area contributed by atoms with Gasteiger partial charge in [0.15, 0.2) is 11.5 Å². The van der Waals surface area contributed by atoms with Crippen molar-refractivity contribution in [2.24, 2.45) is 5.92 Å². The van der Waals surface area contributed by atoms with E-state index in [1.807, 2.05) is 46.7 Å². The molecule has 0 bridgehead atoms. The van der Waals surface area contributed by atoms with Gasteiger partial charge in [0.2, 0.25) is 18.6 Å². The fraction of sp³-hybridized carbons (Fsp3) is 0.375. The highest BCUT2D eigenvalue weighted by Gasteiger charge is 2.28. The summed E-state index contributed by atoms with van der Waals surface area (Å²) in [6.07, 6.45) is 2.06. The second-order valence-electron chi connectivity index (χ2n) is 8.17. The summed E-state index contributed by atoms with van der Waals surface area (Å²) in [4.78, 5) is 32.2. The van der Waals surface area contributed by atoms with Crippen LogP contribution in [0.1, 0.15) is 25.6 Å². The van der Waals surface area contributed by atoms with Crippen molar-refractivity contribution < 1.29 is 19.1 Å². The molecule has 2 aliphatic rings. The predicted octanol–water partition coefficient (Wildman–Crippen LogP) is 3.20. The van der Waals surface area contributed by atoms with Gasteiger partial charge in [0, 0.05) is 37.2 Å². The van der Waals surface area contributed by atoms with Crippen LogP contribution in [0, 0.1) is 5.92 Å². The molecule has 8 heteroatoms. The van der Waals surface area contributed by atoms with Crippen molar-refractivity contribution in [1.29, 1.82) is 0 Å². The van der Waals surface area contributed by atoms with Gasteiger partial charge in [-0.05, 0) is 37.1 Å². The van der Waals surface area contributed by atoms with E-state index in [1.165, 1.54) is 0 Å². The third-order valence-electron chi connectivity index (χ3n) is 6.20. The number of nitrogens with one attached hydrogen (secondary N) is 1. The van der Waals surface area contributed by atoms with Crippen LogP contribution in [0.15, 0.2) is 42.5 Å². The van der Waals surface area contributed by atoms with Crippen molar-refractivity contribution in [1.82, 2.24) is 14.5 Å². The summed E-state index contributed by atoms with van der Waals surface area (Å²) in [7, 11) is 0. The van der Waals surface area contributed by atoms with Gasteiger partial charge in [-0.25, -0.2) is 4.98 Å². The second kappa shape index (κ2) is 8.53. The number of anilines is 1. The predicted molar refractivity (Wildman–Crippen MR) is 120 cm³/mol. The highest BCUT2D eigenvalue weighted by Crippen LogP contribution is 2.34. The smallest absolute Gasteiger partial charge is 0.242 e. The highest BCUT2D eigenvalue weighted by atomic mass is 16.7. The van der Waals surface area contributed by atoms with Crippen LogP contribution in [-0.2, 0) is 22.6 Å². The maximum atomic E-state index is 13.0. The molecule has 0 spiro atoms. The molecule has 0 saturated carbocycles. The maximum absolute atomic E-state index is 13.0. The molecule has 1 N–H and O–H groups in total. The van der Waals surface area contributed by atoms with Gasteiger partial charge in [-0.3, -0.25) is 9.59 Å². The lowest BCUT2D eigenvalue weighted by molar-refractivity contribution is -0.135. The van der Waals surface area contributed by atoms with Gasteiger partial charge in [-0.2, -0.15) is 0 Å². The molecular formula is C24H26N4O4. The molecule has 8 nitrogen and oxygen atoms in total. The number of fused-ring (bicyclic) bond motifs is 2. The van der Waals surface area contributed by atoms with Crippen molar-refractivity contribution in [2.45, 2.75) is 32.7 Å². The molecular weight excluding hydrogens is 408 g/mol. The van der Waals surface area contributed by atoms with Gasteiger partial charge in [0.05, 0.1) is 11.0 Å². The van der Waals surface area contributed by atoms with Gasteiger partial charge in [0.25, 0.3) is 0 Å². The first-order chi connectivity index (χ1) is 15.6. The SMILES string of the molecule is CCc1nc2ccccc2n1CC(=O)N1CCC(C(=O)Nc2ccc3c(c2)OCO3)CC1. The molecule has 5 rings (SSSR count). The minimum absolute atomic E-state index is 0.0233. The minimum Gasteiger partial charge on any atom is -0.454 e. The quantitative estimate of drug-likeness (QED) is 0.667. The third-order valence-corrected chi connectivity index (χ3v) is 6.20. The molecule has 32 heavy (non-hydrogen) atoms. The summed E-state index contributed by atoms with van der Waals surface area (Å²) in [5, 5.41) is 2.97. The molecule has 3 aromatic rings. The van der Waals surface area contributed by atoms with Gasteiger partial charge < -0.3 is 24.3 Å². The molecule has 0 atom stereocenters. The highest BCUT2D eigenvalue weighted by molar-refractivity contribution is 5.93. The molecule has 0 radical (unpaired) electrons. The molecule has 1 saturated heterocycles. The Labute approximate surface area is 186 Å². The lowest BCUT2D eigenvalue weighted by Gasteiger charge is -2.31. The van der Waals surface area contributed by atoms with E-state index < -0.39 is 0 Å². The summed E-state index contributed by atoms with van der Waals surface area (Å²) in [6, 6.07) is 13.3. The largest absolute Gasteiger partial charge is 0.454 e. The molecule has 0 aliphatic carbocycles. The standard InChI is InChI=1S/C24H26N4O4/c1-2-22-26-18-5-3-4-6-19(18)28(22)14-23(29)27-11-9-16(10-12-27)24(30)25-17-7-8-20-21(13-17)32-15-31-20/h3-8,13,16H,2,9-12,14-15H2,1H3,(H,25,30). The number of likely N-dealkylation sites (tertiary alicyclic amines) is 1. The van der Waals surface area contributed by atoms with Gasteiger partial charge >= 0.3 is 0 Å². The van der Waals surface area contributed by atoms with Crippen LogP contribution < -0.4 is 14.8 Å². The van der Waals surface area contributed by atoms with Crippen LogP contribution in [0.4, 0.5) is 5.69 Å². The van der Waals surface area contributed by atoms with Gasteiger partial charge in [0.1, 0.15) is 12.4 Å². The summed E-state index contributed by atoms with van der Waals surface area (Å²) in [5.41, 5.74) is 2.59. The van der Waals surface area contributed by atoms with Crippen molar-refractivity contribution in [3.05, 3.63) is 48.3 Å². The number of hydrogen-bond donors (Lipinski definition) is 1. The zero-order valence-electron chi connectivity index (χ0n) is 18.0.